The Hall–Kier alpha value is -2.12. The molecule has 0 radical (unpaired) electrons. The van der Waals surface area contributed by atoms with Gasteiger partial charge in [-0.1, -0.05) is 301 Å². The fraction of sp³-hybridized carbons (Fsp3) is 0.892. The molecule has 0 saturated carbocycles. The molecule has 6 N–H and O–H groups in total. The van der Waals surface area contributed by atoms with Crippen LogP contribution in [0, 0.1) is 0 Å². The van der Waals surface area contributed by atoms with E-state index in [1.807, 2.05) is 6.08 Å². The predicted octanol–water partition coefficient (Wildman–Crippen LogP) is 19.0. The number of unbranched alkanes of at least 4 members (excludes halogenated alkanes) is 47. The Kier molecular flexibility index (Phi) is 60.4. The summed E-state index contributed by atoms with van der Waals surface area (Å²) in [7, 11) is 0. The molecular formula is C74H139NO10. The molecule has 7 unspecified atom stereocenters. The van der Waals surface area contributed by atoms with E-state index in [4.69, 9.17) is 14.2 Å². The summed E-state index contributed by atoms with van der Waals surface area (Å²) in [4.78, 5) is 25.1. The lowest BCUT2D eigenvalue weighted by molar-refractivity contribution is -0.302. The summed E-state index contributed by atoms with van der Waals surface area (Å²) in [5.41, 5.74) is 0. The van der Waals surface area contributed by atoms with E-state index < -0.39 is 49.5 Å². The molecule has 1 saturated heterocycles. The van der Waals surface area contributed by atoms with Crippen molar-refractivity contribution in [2.45, 2.75) is 403 Å². The molecule has 85 heavy (non-hydrogen) atoms. The summed E-state index contributed by atoms with van der Waals surface area (Å²) in [6.07, 6.45) is 71.6. The van der Waals surface area contributed by atoms with Crippen LogP contribution in [0.3, 0.4) is 0 Å². The molecule has 0 aromatic heterocycles. The fourth-order valence-corrected chi connectivity index (χ4v) is 11.7. The highest BCUT2D eigenvalue weighted by Crippen LogP contribution is 2.23. The molecule has 0 aromatic rings. The number of carbonyl (C=O) groups excluding carboxylic acids is 2. The van der Waals surface area contributed by atoms with Crippen molar-refractivity contribution in [3.05, 3.63) is 36.5 Å². The Bertz CT molecular complexity index is 1510. The lowest BCUT2D eigenvalue weighted by Crippen LogP contribution is -2.60. The van der Waals surface area contributed by atoms with Crippen molar-refractivity contribution in [1.29, 1.82) is 0 Å². The summed E-state index contributed by atoms with van der Waals surface area (Å²) in [6, 6.07) is -0.806. The van der Waals surface area contributed by atoms with Gasteiger partial charge in [-0.3, -0.25) is 9.59 Å². The molecule has 11 heteroatoms. The minimum atomic E-state index is -1.57. The maximum Gasteiger partial charge on any atom is 0.305 e. The Morgan fingerprint density at radius 2 is 0.753 bits per heavy atom. The number of allylic oxidation sites excluding steroid dienone is 5. The summed E-state index contributed by atoms with van der Waals surface area (Å²) < 4.78 is 16.7. The molecular weight excluding hydrogens is 1060 g/mol. The van der Waals surface area contributed by atoms with E-state index in [-0.39, 0.29) is 18.5 Å². The average Bonchev–Trinajstić information content (AvgIpc) is 3.33. The number of aliphatic hydroxyl groups excluding tert-OH is 5. The van der Waals surface area contributed by atoms with E-state index in [1.165, 1.54) is 276 Å². The third-order valence-corrected chi connectivity index (χ3v) is 17.5. The van der Waals surface area contributed by atoms with Crippen molar-refractivity contribution < 1.29 is 49.3 Å². The molecule has 0 bridgehead atoms. The minimum absolute atomic E-state index is 0.00315. The van der Waals surface area contributed by atoms with E-state index in [0.29, 0.717) is 19.4 Å². The standard InChI is InChI=1S/C74H139NO10/c1-3-5-7-9-11-13-15-16-39-42-46-50-54-58-62-70(79)83-63-59-55-51-47-43-40-37-35-33-31-29-27-25-23-21-19-17-18-20-22-24-26-28-30-32-34-36-38-41-45-49-53-57-61-69(78)75-66(65-84-74-73(82)72(81)71(80)68(64-76)85-74)67(77)60-56-52-48-44-14-12-10-8-6-4-2/h15-16,21,23,56,60,66-68,71-74,76-77,80-82H,3-14,17-20,22,24-55,57-59,61-65H2,1-2H3,(H,75,78)/b16-15-,23-21-,60-56+. The SMILES string of the molecule is CCCCCCC/C=C\CCCCCCCC(=O)OCCCCCCCCCCCCCC/C=C\CCCCCCCCCCCCCCCCCCCC(=O)NC(COC1OC(CO)C(O)C(O)C1O)C(O)/C=C/CCCCCCCCCC. The molecule has 7 atom stereocenters. The summed E-state index contributed by atoms with van der Waals surface area (Å²) in [6.45, 7) is 4.35. The molecule has 500 valence electrons. The molecule has 1 aliphatic rings. The smallest absolute Gasteiger partial charge is 0.305 e. The number of aliphatic hydroxyl groups is 5. The van der Waals surface area contributed by atoms with Crippen molar-refractivity contribution in [3.63, 3.8) is 0 Å². The largest absolute Gasteiger partial charge is 0.466 e. The third-order valence-electron chi connectivity index (χ3n) is 17.5. The summed E-state index contributed by atoms with van der Waals surface area (Å²) in [5.74, 6) is -0.175. The van der Waals surface area contributed by atoms with Crippen LogP contribution in [0.5, 0.6) is 0 Å². The van der Waals surface area contributed by atoms with E-state index >= 15 is 0 Å². The zero-order valence-corrected chi connectivity index (χ0v) is 55.6. The first-order valence-corrected chi connectivity index (χ1v) is 36.8. The second-order valence-electron chi connectivity index (χ2n) is 25.6. The van der Waals surface area contributed by atoms with Gasteiger partial charge in [0.25, 0.3) is 0 Å². The molecule has 1 aliphatic heterocycles. The van der Waals surface area contributed by atoms with Gasteiger partial charge >= 0.3 is 5.97 Å². The fourth-order valence-electron chi connectivity index (χ4n) is 11.7. The first-order valence-electron chi connectivity index (χ1n) is 36.8. The third kappa shape index (κ3) is 52.4. The van der Waals surface area contributed by atoms with Gasteiger partial charge in [0.15, 0.2) is 6.29 Å². The Morgan fingerprint density at radius 1 is 0.424 bits per heavy atom. The quantitative estimate of drug-likeness (QED) is 0.0195. The zero-order valence-electron chi connectivity index (χ0n) is 55.6. The maximum atomic E-state index is 13.0. The molecule has 1 fully saturated rings. The monoisotopic (exact) mass is 1200 g/mol. The van der Waals surface area contributed by atoms with Gasteiger partial charge < -0.3 is 45.1 Å². The molecule has 0 aliphatic carbocycles. The summed E-state index contributed by atoms with van der Waals surface area (Å²) >= 11 is 0. The van der Waals surface area contributed by atoms with Gasteiger partial charge in [0.1, 0.15) is 24.4 Å². The first-order chi connectivity index (χ1) is 41.7. The zero-order chi connectivity index (χ0) is 61.6. The predicted molar refractivity (Wildman–Crippen MR) is 357 cm³/mol. The second kappa shape index (κ2) is 63.4. The van der Waals surface area contributed by atoms with Crippen LogP contribution in [0.2, 0.25) is 0 Å². The second-order valence-corrected chi connectivity index (χ2v) is 25.6. The van der Waals surface area contributed by atoms with Crippen molar-refractivity contribution in [1.82, 2.24) is 5.32 Å². The molecule has 1 heterocycles. The van der Waals surface area contributed by atoms with Crippen LogP contribution in [0.4, 0.5) is 0 Å². The highest BCUT2D eigenvalue weighted by atomic mass is 16.7. The summed E-state index contributed by atoms with van der Waals surface area (Å²) in [5, 5.41) is 54.4. The Morgan fingerprint density at radius 3 is 1.13 bits per heavy atom. The van der Waals surface area contributed by atoms with Crippen molar-refractivity contribution in [2.24, 2.45) is 0 Å². The molecule has 1 rings (SSSR count). The van der Waals surface area contributed by atoms with Crippen molar-refractivity contribution in [2.75, 3.05) is 19.8 Å². The van der Waals surface area contributed by atoms with Gasteiger partial charge in [-0.25, -0.2) is 0 Å². The van der Waals surface area contributed by atoms with Crippen molar-refractivity contribution >= 4 is 11.9 Å². The van der Waals surface area contributed by atoms with Gasteiger partial charge in [0.2, 0.25) is 5.91 Å². The number of hydrogen-bond acceptors (Lipinski definition) is 10. The number of hydrogen-bond donors (Lipinski definition) is 6. The normalized spacial score (nSPS) is 18.1. The van der Waals surface area contributed by atoms with E-state index in [1.54, 1.807) is 6.08 Å². The highest BCUT2D eigenvalue weighted by Gasteiger charge is 2.44. The van der Waals surface area contributed by atoms with Crippen LogP contribution in [-0.4, -0.2) is 100 Å². The van der Waals surface area contributed by atoms with Gasteiger partial charge in [-0.05, 0) is 83.5 Å². The number of esters is 1. The van der Waals surface area contributed by atoms with Gasteiger partial charge in [0, 0.05) is 12.8 Å². The number of ether oxygens (including phenoxy) is 3. The number of nitrogens with one attached hydrogen (secondary N) is 1. The van der Waals surface area contributed by atoms with Crippen LogP contribution < -0.4 is 5.32 Å². The lowest BCUT2D eigenvalue weighted by atomic mass is 9.99. The molecule has 0 aromatic carbocycles. The molecule has 11 nitrogen and oxygen atoms in total. The first kappa shape index (κ1) is 80.9. The van der Waals surface area contributed by atoms with Crippen molar-refractivity contribution in [3.8, 4) is 0 Å². The van der Waals surface area contributed by atoms with Gasteiger partial charge in [0.05, 0.1) is 32.0 Å². The van der Waals surface area contributed by atoms with Gasteiger partial charge in [-0.15, -0.1) is 0 Å². The highest BCUT2D eigenvalue weighted by molar-refractivity contribution is 5.76. The average molecular weight is 1200 g/mol. The van der Waals surface area contributed by atoms with Crippen LogP contribution in [0.15, 0.2) is 36.5 Å². The topological polar surface area (TPSA) is 175 Å². The number of carbonyl (C=O) groups is 2. The van der Waals surface area contributed by atoms with E-state index in [0.717, 1.165) is 57.8 Å². The van der Waals surface area contributed by atoms with Gasteiger partial charge in [-0.2, -0.15) is 0 Å². The molecule has 1 amide bonds. The van der Waals surface area contributed by atoms with Crippen LogP contribution in [-0.2, 0) is 23.8 Å². The van der Waals surface area contributed by atoms with Crippen LogP contribution >= 0.6 is 0 Å². The van der Waals surface area contributed by atoms with Crippen LogP contribution in [0.1, 0.15) is 361 Å². The van der Waals surface area contributed by atoms with E-state index in [9.17, 15) is 35.1 Å². The minimum Gasteiger partial charge on any atom is -0.466 e. The van der Waals surface area contributed by atoms with Crippen LogP contribution in [0.25, 0.3) is 0 Å². The number of rotatable bonds is 65. The van der Waals surface area contributed by atoms with E-state index in [2.05, 4.69) is 43.5 Å². The Labute approximate surface area is 523 Å². The number of amides is 1. The molecule has 0 spiro atoms. The lowest BCUT2D eigenvalue weighted by Gasteiger charge is -2.40. The Balaban J connectivity index is 1.90. The maximum absolute atomic E-state index is 13.0.